The Hall–Kier alpha value is -1.75. The van der Waals surface area contributed by atoms with Gasteiger partial charge in [-0.25, -0.2) is 15.0 Å². The highest BCUT2D eigenvalue weighted by molar-refractivity contribution is 5.74. The number of hydrogen-bond acceptors (Lipinski definition) is 5. The van der Waals surface area contributed by atoms with Gasteiger partial charge in [0, 0.05) is 6.21 Å². The Morgan fingerprint density at radius 2 is 2.29 bits per heavy atom. The van der Waals surface area contributed by atoms with Crippen LogP contribution in [0.5, 0.6) is 0 Å². The Morgan fingerprint density at radius 1 is 1.57 bits per heavy atom. The Bertz CT molecular complexity index is 373. The minimum Gasteiger partial charge on any atom is -0.394 e. The van der Waals surface area contributed by atoms with E-state index in [0.29, 0.717) is 23.0 Å². The lowest BCUT2D eigenvalue weighted by Gasteiger charge is -2.03. The summed E-state index contributed by atoms with van der Waals surface area (Å²) in [6.07, 6.45) is 2.87. The van der Waals surface area contributed by atoms with Gasteiger partial charge in [-0.05, 0) is 13.0 Å². The van der Waals surface area contributed by atoms with Crippen LogP contribution in [0.3, 0.4) is 0 Å². The third-order valence-electron chi connectivity index (χ3n) is 1.56. The summed E-state index contributed by atoms with van der Waals surface area (Å²) in [4.78, 5) is 12.0. The second-order valence-electron chi connectivity index (χ2n) is 2.59. The molecular weight excluding hydrogens is 180 g/mol. The molecule has 1 aromatic rings. The van der Waals surface area contributed by atoms with Gasteiger partial charge in [0.25, 0.3) is 0 Å². The highest BCUT2D eigenvalue weighted by Crippen LogP contribution is 2.22. The summed E-state index contributed by atoms with van der Waals surface area (Å²) in [6.45, 7) is 5.18. The predicted molar refractivity (Wildman–Crippen MR) is 56.5 cm³/mol. The van der Waals surface area contributed by atoms with E-state index in [4.69, 9.17) is 10.8 Å². The second-order valence-corrected chi connectivity index (χ2v) is 2.59. The van der Waals surface area contributed by atoms with Crippen molar-refractivity contribution >= 4 is 23.8 Å². The van der Waals surface area contributed by atoms with Crippen molar-refractivity contribution in [3.8, 4) is 0 Å². The molecule has 1 rings (SSSR count). The van der Waals surface area contributed by atoms with Gasteiger partial charge in [-0.2, -0.15) is 0 Å². The Balaban J connectivity index is 3.21. The lowest BCUT2D eigenvalue weighted by molar-refractivity contribution is 0.361. The molecule has 3 N–H and O–H groups in total. The third-order valence-corrected chi connectivity index (χ3v) is 1.56. The molecule has 0 aliphatic rings. The van der Waals surface area contributed by atoms with Crippen molar-refractivity contribution in [3.05, 3.63) is 18.1 Å². The summed E-state index contributed by atoms with van der Waals surface area (Å²) < 4.78 is 0. The normalized spacial score (nSPS) is 10.7. The highest BCUT2D eigenvalue weighted by atomic mass is 16.2. The van der Waals surface area contributed by atoms with Crippen LogP contribution in [0.4, 0.5) is 11.5 Å². The van der Waals surface area contributed by atoms with Crippen LogP contribution in [0, 0.1) is 6.92 Å². The van der Waals surface area contributed by atoms with Crippen molar-refractivity contribution in [2.45, 2.75) is 6.92 Å². The number of aryl methyl sites for hydroxylation is 1. The molecule has 0 saturated carbocycles. The van der Waals surface area contributed by atoms with Crippen molar-refractivity contribution in [1.82, 2.24) is 9.97 Å². The summed E-state index contributed by atoms with van der Waals surface area (Å²) >= 11 is 0. The maximum absolute atomic E-state index is 8.56. The molecule has 0 amide bonds. The van der Waals surface area contributed by atoms with E-state index < -0.39 is 0 Å². The van der Waals surface area contributed by atoms with Crippen LogP contribution in [0.1, 0.15) is 11.5 Å². The Kier molecular flexibility index (Phi) is 3.30. The highest BCUT2D eigenvalue weighted by Gasteiger charge is 2.05. The topological polar surface area (TPSA) is 84.4 Å². The first-order valence-corrected chi connectivity index (χ1v) is 4.09. The molecule has 1 heterocycles. The second kappa shape index (κ2) is 4.48. The number of rotatable bonds is 3. The van der Waals surface area contributed by atoms with E-state index in [2.05, 4.69) is 21.5 Å². The van der Waals surface area contributed by atoms with E-state index in [-0.39, 0.29) is 6.61 Å². The first-order chi connectivity index (χ1) is 6.69. The number of nitrogens with zero attached hydrogens (tertiary/aromatic N) is 3. The Morgan fingerprint density at radius 3 is 2.86 bits per heavy atom. The van der Waals surface area contributed by atoms with Gasteiger partial charge in [0.1, 0.15) is 11.5 Å². The molecule has 0 aliphatic heterocycles. The van der Waals surface area contributed by atoms with Crippen molar-refractivity contribution in [2.75, 3.05) is 12.3 Å². The average Bonchev–Trinajstić information content (AvgIpc) is 2.18. The first-order valence-electron chi connectivity index (χ1n) is 4.09. The largest absolute Gasteiger partial charge is 0.394 e. The van der Waals surface area contributed by atoms with Gasteiger partial charge >= 0.3 is 0 Å². The molecule has 0 bridgehead atoms. The van der Waals surface area contributed by atoms with Crippen LogP contribution in [0.15, 0.2) is 11.6 Å². The van der Waals surface area contributed by atoms with Crippen molar-refractivity contribution in [1.29, 1.82) is 0 Å². The number of nitrogen functional groups attached to an aromatic ring is 1. The van der Waals surface area contributed by atoms with Gasteiger partial charge in [0.15, 0.2) is 5.82 Å². The molecule has 0 unspecified atom stereocenters. The molecule has 1 aromatic heterocycles. The minimum atomic E-state index is -0.147. The fourth-order valence-electron chi connectivity index (χ4n) is 0.969. The van der Waals surface area contributed by atoms with Gasteiger partial charge in [-0.3, -0.25) is 0 Å². The molecule has 14 heavy (non-hydrogen) atoms. The number of aliphatic imine (C=N–C) groups is 1. The van der Waals surface area contributed by atoms with Crippen LogP contribution < -0.4 is 5.73 Å². The molecule has 0 atom stereocenters. The van der Waals surface area contributed by atoms with Crippen LogP contribution in [0.2, 0.25) is 0 Å². The van der Waals surface area contributed by atoms with Crippen LogP contribution in [-0.2, 0) is 0 Å². The van der Waals surface area contributed by atoms with E-state index in [9.17, 15) is 0 Å². The predicted octanol–water partition coefficient (Wildman–Crippen LogP) is 0.705. The quantitative estimate of drug-likeness (QED) is 0.690. The average molecular weight is 192 g/mol. The standard InChI is InChI=1S/C9H12N4O/c1-3-7-8(10)9(11-4-5-14)13-6(2)12-7/h3-4,14H,1,5,10H2,2H3. The van der Waals surface area contributed by atoms with Crippen molar-refractivity contribution in [3.63, 3.8) is 0 Å². The Labute approximate surface area is 82.0 Å². The molecule has 0 fully saturated rings. The van der Waals surface area contributed by atoms with Crippen LogP contribution >= 0.6 is 0 Å². The molecule has 0 saturated heterocycles. The molecular formula is C9H12N4O. The van der Waals surface area contributed by atoms with Gasteiger partial charge in [0.05, 0.1) is 12.3 Å². The third kappa shape index (κ3) is 2.14. The molecule has 0 spiro atoms. The number of aliphatic hydroxyl groups excluding tert-OH is 1. The number of anilines is 1. The monoisotopic (exact) mass is 192 g/mol. The molecule has 0 aromatic carbocycles. The van der Waals surface area contributed by atoms with Crippen LogP contribution in [0.25, 0.3) is 6.08 Å². The maximum atomic E-state index is 8.56. The van der Waals surface area contributed by atoms with Crippen molar-refractivity contribution < 1.29 is 5.11 Å². The summed E-state index contributed by atoms with van der Waals surface area (Å²) in [6, 6.07) is 0. The summed E-state index contributed by atoms with van der Waals surface area (Å²) in [5.41, 5.74) is 6.64. The maximum Gasteiger partial charge on any atom is 0.179 e. The van der Waals surface area contributed by atoms with E-state index in [0.717, 1.165) is 0 Å². The summed E-state index contributed by atoms with van der Waals surface area (Å²) in [5, 5.41) is 8.56. The molecule has 0 radical (unpaired) electrons. The molecule has 5 nitrogen and oxygen atoms in total. The molecule has 0 aliphatic carbocycles. The molecule has 74 valence electrons. The van der Waals surface area contributed by atoms with Gasteiger partial charge in [0.2, 0.25) is 0 Å². The lowest BCUT2D eigenvalue weighted by atomic mass is 10.3. The van der Waals surface area contributed by atoms with E-state index in [1.807, 2.05) is 0 Å². The van der Waals surface area contributed by atoms with Crippen molar-refractivity contribution in [2.24, 2.45) is 4.99 Å². The number of hydrogen-bond donors (Lipinski definition) is 2. The smallest absolute Gasteiger partial charge is 0.179 e. The SMILES string of the molecule is C=Cc1nc(C)nc(N=CCO)c1N. The summed E-state index contributed by atoms with van der Waals surface area (Å²) in [7, 11) is 0. The van der Waals surface area contributed by atoms with Gasteiger partial charge in [-0.1, -0.05) is 6.58 Å². The number of aromatic nitrogens is 2. The fraction of sp³-hybridized carbons (Fsp3) is 0.222. The van der Waals surface area contributed by atoms with Crippen LogP contribution in [-0.4, -0.2) is 27.9 Å². The minimum absolute atomic E-state index is 0.147. The van der Waals surface area contributed by atoms with Gasteiger partial charge in [-0.15, -0.1) is 0 Å². The van der Waals surface area contributed by atoms with E-state index >= 15 is 0 Å². The fourth-order valence-corrected chi connectivity index (χ4v) is 0.969. The lowest BCUT2D eigenvalue weighted by Crippen LogP contribution is -1.99. The number of nitrogens with two attached hydrogens (primary N) is 1. The first kappa shape index (κ1) is 10.3. The summed E-state index contributed by atoms with van der Waals surface area (Å²) in [5.74, 6) is 0.931. The zero-order valence-corrected chi connectivity index (χ0v) is 7.94. The zero-order valence-electron chi connectivity index (χ0n) is 7.94. The number of aliphatic hydroxyl groups is 1. The zero-order chi connectivity index (χ0) is 10.6. The van der Waals surface area contributed by atoms with E-state index in [1.54, 1.807) is 13.0 Å². The molecule has 5 heteroatoms. The van der Waals surface area contributed by atoms with Gasteiger partial charge < -0.3 is 10.8 Å². The van der Waals surface area contributed by atoms with E-state index in [1.165, 1.54) is 6.21 Å².